The van der Waals surface area contributed by atoms with E-state index in [2.05, 4.69) is 13.8 Å². The van der Waals surface area contributed by atoms with Crippen molar-refractivity contribution in [3.05, 3.63) is 0 Å². The van der Waals surface area contributed by atoms with Crippen LogP contribution < -0.4 is 0 Å². The van der Waals surface area contributed by atoms with Gasteiger partial charge in [0.15, 0.2) is 0 Å². The molecule has 0 N–H and O–H groups in total. The third-order valence-electron chi connectivity index (χ3n) is 3.71. The SMILES string of the molecule is CCCCCCCCCCCCCCCCC.[MgH2]. The van der Waals surface area contributed by atoms with Crippen molar-refractivity contribution in [2.45, 2.75) is 110 Å². The molecule has 0 aliphatic heterocycles. The van der Waals surface area contributed by atoms with E-state index in [1.807, 2.05) is 0 Å². The summed E-state index contributed by atoms with van der Waals surface area (Å²) in [5.41, 5.74) is 0. The van der Waals surface area contributed by atoms with Crippen molar-refractivity contribution in [1.82, 2.24) is 0 Å². The smallest absolute Gasteiger partial charge is 0.0654 e. The van der Waals surface area contributed by atoms with Crippen LogP contribution in [-0.2, 0) is 0 Å². The zero-order valence-corrected chi connectivity index (χ0v) is 12.6. The molecule has 0 rings (SSSR count). The maximum absolute atomic E-state index is 2.29. The molecular formula is C17H38Mg. The van der Waals surface area contributed by atoms with Crippen LogP contribution in [0.4, 0.5) is 0 Å². The summed E-state index contributed by atoms with van der Waals surface area (Å²) in [6.45, 7) is 4.58. The highest BCUT2D eigenvalue weighted by molar-refractivity contribution is 5.75. The van der Waals surface area contributed by atoms with Gasteiger partial charge in [0.25, 0.3) is 0 Å². The Morgan fingerprint density at radius 3 is 0.667 bits per heavy atom. The molecule has 0 bridgehead atoms. The van der Waals surface area contributed by atoms with Crippen LogP contribution in [0.15, 0.2) is 0 Å². The average molecular weight is 267 g/mol. The molecule has 108 valence electrons. The van der Waals surface area contributed by atoms with E-state index in [9.17, 15) is 0 Å². The minimum atomic E-state index is 0. The van der Waals surface area contributed by atoms with Crippen LogP contribution in [0, 0.1) is 0 Å². The lowest BCUT2D eigenvalue weighted by molar-refractivity contribution is 0.534. The molecule has 0 radical (unpaired) electrons. The van der Waals surface area contributed by atoms with Gasteiger partial charge in [-0.1, -0.05) is 110 Å². The molecule has 0 saturated heterocycles. The molecular weight excluding hydrogens is 228 g/mol. The number of rotatable bonds is 14. The Morgan fingerprint density at radius 1 is 0.333 bits per heavy atom. The molecule has 0 nitrogen and oxygen atoms in total. The number of hydrogen-bond donors (Lipinski definition) is 0. The summed E-state index contributed by atoms with van der Waals surface area (Å²) in [4.78, 5) is 0. The molecule has 1 heteroatoms. The van der Waals surface area contributed by atoms with Gasteiger partial charge in [0.05, 0.1) is 0 Å². The van der Waals surface area contributed by atoms with E-state index >= 15 is 0 Å². The molecule has 0 atom stereocenters. The summed E-state index contributed by atoms with van der Waals surface area (Å²) < 4.78 is 0. The molecule has 18 heavy (non-hydrogen) atoms. The topological polar surface area (TPSA) is 0 Å². The van der Waals surface area contributed by atoms with E-state index in [1.165, 1.54) is 96.3 Å². The van der Waals surface area contributed by atoms with E-state index in [-0.39, 0.29) is 23.1 Å². The summed E-state index contributed by atoms with van der Waals surface area (Å²) in [7, 11) is 0. The number of hydrogen-bond acceptors (Lipinski definition) is 0. The molecule has 0 heterocycles. The van der Waals surface area contributed by atoms with Gasteiger partial charge in [0, 0.05) is 0 Å². The summed E-state index contributed by atoms with van der Waals surface area (Å²) in [6.07, 6.45) is 21.9. The Hall–Kier alpha value is 0.766. The van der Waals surface area contributed by atoms with E-state index in [4.69, 9.17) is 0 Å². The Labute approximate surface area is 133 Å². The highest BCUT2D eigenvalue weighted by Gasteiger charge is 1.93. The molecule has 0 aromatic carbocycles. The third-order valence-corrected chi connectivity index (χ3v) is 3.71. The second-order valence-electron chi connectivity index (χ2n) is 5.60. The third kappa shape index (κ3) is 19.1. The minimum absolute atomic E-state index is 0. The Morgan fingerprint density at radius 2 is 0.500 bits per heavy atom. The summed E-state index contributed by atoms with van der Waals surface area (Å²) in [5.74, 6) is 0. The van der Waals surface area contributed by atoms with Gasteiger partial charge >= 0.3 is 23.1 Å². The summed E-state index contributed by atoms with van der Waals surface area (Å²) in [6, 6.07) is 0. The molecule has 0 unspecified atom stereocenters. The highest BCUT2D eigenvalue weighted by atomic mass is 24.3. The van der Waals surface area contributed by atoms with Crippen LogP contribution in [0.25, 0.3) is 0 Å². The molecule has 0 amide bonds. The van der Waals surface area contributed by atoms with Crippen LogP contribution in [0.5, 0.6) is 0 Å². The van der Waals surface area contributed by atoms with Crippen molar-refractivity contribution in [2.24, 2.45) is 0 Å². The van der Waals surface area contributed by atoms with Gasteiger partial charge in [0.2, 0.25) is 0 Å². The van der Waals surface area contributed by atoms with Crippen molar-refractivity contribution in [3.8, 4) is 0 Å². The van der Waals surface area contributed by atoms with E-state index < -0.39 is 0 Å². The summed E-state index contributed by atoms with van der Waals surface area (Å²) >= 11 is 0. The predicted molar refractivity (Wildman–Crippen MR) is 89.1 cm³/mol. The van der Waals surface area contributed by atoms with Crippen molar-refractivity contribution in [3.63, 3.8) is 0 Å². The van der Waals surface area contributed by atoms with Gasteiger partial charge < -0.3 is 0 Å². The first-order valence-corrected chi connectivity index (χ1v) is 8.41. The zero-order chi connectivity index (χ0) is 12.6. The van der Waals surface area contributed by atoms with Crippen LogP contribution >= 0.6 is 0 Å². The maximum atomic E-state index is 2.29. The molecule has 0 saturated carbocycles. The lowest BCUT2D eigenvalue weighted by atomic mass is 10.0. The van der Waals surface area contributed by atoms with E-state index in [0.29, 0.717) is 0 Å². The Kier molecular flexibility index (Phi) is 23.5. The quantitative estimate of drug-likeness (QED) is 0.269. The maximum Gasteiger partial charge on any atom is 0.316 e. The molecule has 0 aromatic heterocycles. The van der Waals surface area contributed by atoms with Crippen molar-refractivity contribution in [2.75, 3.05) is 0 Å². The first kappa shape index (κ1) is 21.1. The summed E-state index contributed by atoms with van der Waals surface area (Å²) in [5, 5.41) is 0. The first-order chi connectivity index (χ1) is 8.41. The van der Waals surface area contributed by atoms with Crippen molar-refractivity contribution < 1.29 is 0 Å². The normalized spacial score (nSPS) is 10.3. The molecule has 0 aliphatic rings. The fourth-order valence-corrected chi connectivity index (χ4v) is 2.44. The largest absolute Gasteiger partial charge is 0.316 e. The fraction of sp³-hybridized carbons (Fsp3) is 1.00. The predicted octanol–water partition coefficient (Wildman–Crippen LogP) is 5.96. The van der Waals surface area contributed by atoms with Crippen LogP contribution in [0.2, 0.25) is 0 Å². The lowest BCUT2D eigenvalue weighted by Crippen LogP contribution is -1.82. The van der Waals surface area contributed by atoms with Crippen LogP contribution in [0.3, 0.4) is 0 Å². The number of unbranched alkanes of at least 4 members (excludes halogenated alkanes) is 14. The Balaban J connectivity index is 0. The fourth-order valence-electron chi connectivity index (χ4n) is 2.44. The molecule has 0 fully saturated rings. The zero-order valence-electron chi connectivity index (χ0n) is 12.6. The second-order valence-corrected chi connectivity index (χ2v) is 5.60. The highest BCUT2D eigenvalue weighted by Crippen LogP contribution is 2.13. The van der Waals surface area contributed by atoms with Gasteiger partial charge in [-0.15, -0.1) is 0 Å². The lowest BCUT2D eigenvalue weighted by Gasteiger charge is -2.02. The van der Waals surface area contributed by atoms with E-state index in [1.54, 1.807) is 0 Å². The van der Waals surface area contributed by atoms with Crippen molar-refractivity contribution >= 4 is 23.1 Å². The van der Waals surface area contributed by atoms with Gasteiger partial charge in [0.1, 0.15) is 0 Å². The molecule has 0 spiro atoms. The van der Waals surface area contributed by atoms with Crippen molar-refractivity contribution in [1.29, 1.82) is 0 Å². The van der Waals surface area contributed by atoms with Gasteiger partial charge in [-0.05, 0) is 0 Å². The monoisotopic (exact) mass is 266 g/mol. The van der Waals surface area contributed by atoms with Gasteiger partial charge in [-0.3, -0.25) is 0 Å². The van der Waals surface area contributed by atoms with Gasteiger partial charge in [-0.2, -0.15) is 0 Å². The molecule has 0 aromatic rings. The van der Waals surface area contributed by atoms with E-state index in [0.717, 1.165) is 0 Å². The minimum Gasteiger partial charge on any atom is -0.0654 e. The average Bonchev–Trinajstić information content (AvgIpc) is 2.35. The Bertz CT molecular complexity index is 109. The van der Waals surface area contributed by atoms with Gasteiger partial charge in [-0.25, -0.2) is 0 Å². The first-order valence-electron chi connectivity index (χ1n) is 8.41. The standard InChI is InChI=1S/C17H36.Mg.2H/c1-3-5-7-9-11-13-15-17-16-14-12-10-8-6-4-2;;;/h3-17H2,1-2H3;;;. The second kappa shape index (κ2) is 20.1. The molecule has 0 aliphatic carbocycles. The van der Waals surface area contributed by atoms with Crippen LogP contribution in [0.1, 0.15) is 110 Å². The van der Waals surface area contributed by atoms with Crippen LogP contribution in [-0.4, -0.2) is 23.1 Å².